The predicted molar refractivity (Wildman–Crippen MR) is 163 cm³/mol. The maximum absolute atomic E-state index is 14.0. The van der Waals surface area contributed by atoms with Crippen molar-refractivity contribution in [2.24, 2.45) is 5.92 Å². The number of amides is 1. The van der Waals surface area contributed by atoms with Gasteiger partial charge in [0, 0.05) is 31.3 Å². The van der Waals surface area contributed by atoms with Crippen LogP contribution in [-0.2, 0) is 17.9 Å². The van der Waals surface area contributed by atoms with Crippen molar-refractivity contribution >= 4 is 23.6 Å². The molecule has 0 saturated heterocycles. The van der Waals surface area contributed by atoms with Gasteiger partial charge in [-0.25, -0.2) is 8.78 Å². The van der Waals surface area contributed by atoms with Crippen molar-refractivity contribution in [1.29, 1.82) is 0 Å². The normalized spacial score (nSPS) is 14.3. The van der Waals surface area contributed by atoms with E-state index >= 15 is 0 Å². The number of hydrogen-bond acceptors (Lipinski definition) is 5. The third-order valence-electron chi connectivity index (χ3n) is 7.94. The van der Waals surface area contributed by atoms with Gasteiger partial charge in [-0.1, -0.05) is 49.6 Å². The Bertz CT molecular complexity index is 1360. The van der Waals surface area contributed by atoms with Crippen molar-refractivity contribution in [2.75, 3.05) is 18.6 Å². The van der Waals surface area contributed by atoms with Gasteiger partial charge in [0.25, 0.3) is 5.91 Å². The Balaban J connectivity index is 0.00000506. The molecule has 0 heterocycles. The minimum atomic E-state index is -1.31. The molecule has 9 heteroatoms. The van der Waals surface area contributed by atoms with Gasteiger partial charge in [0.2, 0.25) is 0 Å². The van der Waals surface area contributed by atoms with Gasteiger partial charge in [-0.3, -0.25) is 9.69 Å². The van der Waals surface area contributed by atoms with Crippen LogP contribution in [0, 0.1) is 24.5 Å². The van der Waals surface area contributed by atoms with Gasteiger partial charge in [0.05, 0.1) is 12.0 Å². The monoisotopic (exact) mass is 600 g/mol. The SMILES string of the molecule is CSCC[C@H](NC(=O)c1ccc(CN(Cc2cc(F)cc(F)c2)CC2CCCCC2)cc1-c1ccccc1C)C(=O)[O-].[Li+]. The average Bonchev–Trinajstić information content (AvgIpc) is 2.95. The molecule has 0 aromatic heterocycles. The molecule has 0 aliphatic heterocycles. The summed E-state index contributed by atoms with van der Waals surface area (Å²) in [6, 6.07) is 15.9. The van der Waals surface area contributed by atoms with Crippen molar-refractivity contribution in [3.63, 3.8) is 0 Å². The smallest absolute Gasteiger partial charge is 0.548 e. The van der Waals surface area contributed by atoms with E-state index in [2.05, 4.69) is 10.2 Å². The van der Waals surface area contributed by atoms with Crippen molar-refractivity contribution in [1.82, 2.24) is 10.2 Å². The van der Waals surface area contributed by atoms with Crippen LogP contribution in [0.25, 0.3) is 11.1 Å². The molecular weight excluding hydrogens is 561 g/mol. The van der Waals surface area contributed by atoms with Crippen LogP contribution in [0.2, 0.25) is 0 Å². The molecule has 0 spiro atoms. The molecular formula is C34H39F2LiN2O3S. The molecule has 4 rings (SSSR count). The van der Waals surface area contributed by atoms with E-state index in [9.17, 15) is 23.5 Å². The number of thioether (sulfide) groups is 1. The molecule has 1 saturated carbocycles. The topological polar surface area (TPSA) is 72.5 Å². The zero-order valence-electron chi connectivity index (χ0n) is 25.3. The number of hydrogen-bond donors (Lipinski definition) is 1. The molecule has 5 nitrogen and oxygen atoms in total. The summed E-state index contributed by atoms with van der Waals surface area (Å²) in [5.74, 6) is -1.86. The van der Waals surface area contributed by atoms with Crippen molar-refractivity contribution in [3.05, 3.63) is 94.6 Å². The van der Waals surface area contributed by atoms with E-state index in [-0.39, 0.29) is 25.3 Å². The minimum absolute atomic E-state index is 0. The molecule has 0 bridgehead atoms. The molecule has 1 fully saturated rings. The van der Waals surface area contributed by atoms with Crippen LogP contribution in [-0.4, -0.2) is 41.4 Å². The van der Waals surface area contributed by atoms with Gasteiger partial charge < -0.3 is 15.2 Å². The molecule has 224 valence electrons. The first-order chi connectivity index (χ1) is 20.2. The van der Waals surface area contributed by atoms with E-state index in [0.29, 0.717) is 41.5 Å². The largest absolute Gasteiger partial charge is 1.00 e. The first kappa shape index (κ1) is 34.9. The summed E-state index contributed by atoms with van der Waals surface area (Å²) in [5.41, 5.74) is 4.49. The number of aryl methyl sites for hydroxylation is 1. The standard InChI is InChI=1S/C34H40F2N2O3S.Li/c1-23-8-6-7-11-29(23)31-18-25(12-13-30(31)33(39)37-32(34(40)41)14-15-42-2)21-38(20-24-9-4-3-5-10-24)22-26-16-27(35)19-28(36)17-26;/h6-8,11-13,16-19,24,32H,3-5,9-10,14-15,20-22H2,1-2H3,(H,37,39)(H,40,41);/q;+1/p-1/t32-;/m0./s1. The summed E-state index contributed by atoms with van der Waals surface area (Å²) >= 11 is 1.51. The van der Waals surface area contributed by atoms with Crippen molar-refractivity contribution in [3.8, 4) is 11.1 Å². The number of nitrogens with zero attached hydrogens (tertiary/aromatic N) is 1. The molecule has 1 aliphatic rings. The summed E-state index contributed by atoms with van der Waals surface area (Å²) in [6.07, 6.45) is 8.05. The maximum Gasteiger partial charge on any atom is 1.00 e. The molecule has 0 radical (unpaired) electrons. The zero-order valence-corrected chi connectivity index (χ0v) is 26.2. The number of halogens is 2. The molecule has 43 heavy (non-hydrogen) atoms. The fraction of sp³-hybridized carbons (Fsp3) is 0.412. The van der Waals surface area contributed by atoms with Crippen molar-refractivity contribution < 1.29 is 42.3 Å². The van der Waals surface area contributed by atoms with Gasteiger partial charge >= 0.3 is 18.9 Å². The van der Waals surface area contributed by atoms with E-state index < -0.39 is 29.6 Å². The summed E-state index contributed by atoms with van der Waals surface area (Å²) in [5, 5.41) is 14.4. The summed E-state index contributed by atoms with van der Waals surface area (Å²) in [4.78, 5) is 27.4. The summed E-state index contributed by atoms with van der Waals surface area (Å²) in [7, 11) is 0. The first-order valence-corrected chi connectivity index (χ1v) is 16.0. The first-order valence-electron chi connectivity index (χ1n) is 14.6. The number of rotatable bonds is 13. The van der Waals surface area contributed by atoms with Crippen LogP contribution in [0.5, 0.6) is 0 Å². The molecule has 3 aromatic carbocycles. The van der Waals surface area contributed by atoms with Gasteiger partial charge in [-0.2, -0.15) is 11.8 Å². The molecule has 0 unspecified atom stereocenters. The number of carboxylic acid groups (broad SMARTS) is 1. The van der Waals surface area contributed by atoms with Gasteiger partial charge in [-0.15, -0.1) is 0 Å². The summed E-state index contributed by atoms with van der Waals surface area (Å²) in [6.45, 7) is 3.71. The zero-order chi connectivity index (χ0) is 30.1. The van der Waals surface area contributed by atoms with E-state index in [4.69, 9.17) is 0 Å². The number of nitrogens with one attached hydrogen (secondary N) is 1. The second-order valence-corrected chi connectivity index (χ2v) is 12.3. The fourth-order valence-corrected chi connectivity index (χ4v) is 6.32. The number of carboxylic acids is 1. The van der Waals surface area contributed by atoms with Crippen LogP contribution >= 0.6 is 11.8 Å². The predicted octanol–water partition coefficient (Wildman–Crippen LogP) is 3.13. The number of carbonyl (C=O) groups excluding carboxylic acids is 2. The van der Waals surface area contributed by atoms with Crippen molar-refractivity contribution in [2.45, 2.75) is 64.6 Å². The van der Waals surface area contributed by atoms with Gasteiger partial charge in [-0.05, 0) is 96.2 Å². The molecule has 1 amide bonds. The minimum Gasteiger partial charge on any atom is -0.548 e. The van der Waals surface area contributed by atoms with Gasteiger partial charge in [0.1, 0.15) is 11.6 Å². The Morgan fingerprint density at radius 1 is 0.953 bits per heavy atom. The Labute approximate surface area is 270 Å². The maximum atomic E-state index is 14.0. The third-order valence-corrected chi connectivity index (χ3v) is 8.58. The van der Waals surface area contributed by atoms with Gasteiger partial charge in [0.15, 0.2) is 0 Å². The fourth-order valence-electron chi connectivity index (χ4n) is 5.84. The Morgan fingerprint density at radius 2 is 1.63 bits per heavy atom. The number of benzene rings is 3. The Morgan fingerprint density at radius 3 is 2.28 bits per heavy atom. The third kappa shape index (κ3) is 10.2. The Hall–Kier alpha value is -2.63. The number of carbonyl (C=O) groups is 2. The number of aliphatic carboxylic acids is 1. The van der Waals surface area contributed by atoms with Crippen LogP contribution in [0.4, 0.5) is 8.78 Å². The average molecular weight is 601 g/mol. The Kier molecular flexibility index (Phi) is 13.8. The second kappa shape index (κ2) is 17.0. The molecule has 1 N–H and O–H groups in total. The van der Waals surface area contributed by atoms with Crippen LogP contribution in [0.15, 0.2) is 60.7 Å². The quantitative estimate of drug-likeness (QED) is 0.306. The second-order valence-electron chi connectivity index (χ2n) is 11.3. The van der Waals surface area contributed by atoms with E-state index in [1.165, 1.54) is 43.2 Å². The molecule has 1 aliphatic carbocycles. The molecule has 3 aromatic rings. The van der Waals surface area contributed by atoms with E-state index in [1.807, 2.05) is 49.6 Å². The van der Waals surface area contributed by atoms with E-state index in [1.54, 1.807) is 6.07 Å². The van der Waals surface area contributed by atoms with E-state index in [0.717, 1.165) is 42.1 Å². The van der Waals surface area contributed by atoms with Crippen LogP contribution in [0.3, 0.4) is 0 Å². The van der Waals surface area contributed by atoms with Crippen LogP contribution < -0.4 is 29.3 Å². The molecule has 1 atom stereocenters. The van der Waals surface area contributed by atoms with Crippen LogP contribution in [0.1, 0.15) is 65.6 Å². The summed E-state index contributed by atoms with van der Waals surface area (Å²) < 4.78 is 28.1.